The molecule has 2 amide bonds. The van der Waals surface area contributed by atoms with Gasteiger partial charge in [-0.2, -0.15) is 0 Å². The van der Waals surface area contributed by atoms with Crippen LogP contribution in [-0.2, 0) is 0 Å². The van der Waals surface area contributed by atoms with Gasteiger partial charge in [0.15, 0.2) is 0 Å². The van der Waals surface area contributed by atoms with Gasteiger partial charge in [-0.15, -0.1) is 0 Å². The molecule has 0 saturated carbocycles. The fraction of sp³-hybridized carbons (Fsp3) is 0.917. The first-order chi connectivity index (χ1) is 7.47. The van der Waals surface area contributed by atoms with Gasteiger partial charge in [0.2, 0.25) is 0 Å². The van der Waals surface area contributed by atoms with Crippen molar-refractivity contribution in [1.29, 1.82) is 0 Å². The van der Waals surface area contributed by atoms with Crippen LogP contribution in [0.3, 0.4) is 0 Å². The number of nitrogens with one attached hydrogen (secondary N) is 2. The van der Waals surface area contributed by atoms with Crippen LogP contribution in [0.1, 0.15) is 27.2 Å². The van der Waals surface area contributed by atoms with Crippen LogP contribution in [0.25, 0.3) is 0 Å². The van der Waals surface area contributed by atoms with E-state index in [-0.39, 0.29) is 17.5 Å². The topological polar surface area (TPSA) is 44.4 Å². The van der Waals surface area contributed by atoms with E-state index in [2.05, 4.69) is 31.4 Å². The van der Waals surface area contributed by atoms with Crippen molar-refractivity contribution in [2.24, 2.45) is 11.3 Å². The first kappa shape index (κ1) is 11.7. The lowest BCUT2D eigenvalue weighted by molar-refractivity contribution is 0.209. The summed E-state index contributed by atoms with van der Waals surface area (Å²) < 4.78 is 0. The zero-order valence-corrected chi connectivity index (χ0v) is 10.5. The van der Waals surface area contributed by atoms with Crippen molar-refractivity contribution in [3.05, 3.63) is 0 Å². The molecule has 92 valence electrons. The lowest BCUT2D eigenvalue weighted by atomic mass is 9.87. The SMILES string of the molecule is CC(C)(C)C1CN(CC2CCNC2)C(=O)N1. The average Bonchev–Trinajstić information content (AvgIpc) is 2.76. The lowest BCUT2D eigenvalue weighted by Crippen LogP contribution is -2.38. The number of hydrogen-bond donors (Lipinski definition) is 2. The second-order valence-corrected chi connectivity index (χ2v) is 6.13. The van der Waals surface area contributed by atoms with Crippen molar-refractivity contribution in [3.63, 3.8) is 0 Å². The van der Waals surface area contributed by atoms with E-state index in [1.54, 1.807) is 0 Å². The maximum absolute atomic E-state index is 11.8. The number of hydrogen-bond acceptors (Lipinski definition) is 2. The Morgan fingerprint density at radius 1 is 1.44 bits per heavy atom. The summed E-state index contributed by atoms with van der Waals surface area (Å²) in [6.07, 6.45) is 1.20. The molecule has 2 atom stereocenters. The standard InChI is InChI=1S/C12H23N3O/c1-12(2,3)10-8-15(11(16)14-10)7-9-4-5-13-6-9/h9-10,13H,4-8H2,1-3H3,(H,14,16). The van der Waals surface area contributed by atoms with Crippen LogP contribution in [-0.4, -0.2) is 43.2 Å². The van der Waals surface area contributed by atoms with Gasteiger partial charge in [0.1, 0.15) is 0 Å². The third-order valence-electron chi connectivity index (χ3n) is 3.67. The highest BCUT2D eigenvalue weighted by Crippen LogP contribution is 2.24. The van der Waals surface area contributed by atoms with Crippen LogP contribution in [0.2, 0.25) is 0 Å². The van der Waals surface area contributed by atoms with Crippen LogP contribution >= 0.6 is 0 Å². The summed E-state index contributed by atoms with van der Waals surface area (Å²) >= 11 is 0. The maximum atomic E-state index is 11.8. The van der Waals surface area contributed by atoms with Crippen molar-refractivity contribution in [1.82, 2.24) is 15.5 Å². The number of carbonyl (C=O) groups excluding carboxylic acids is 1. The molecule has 0 aromatic carbocycles. The molecule has 0 aliphatic carbocycles. The normalized spacial score (nSPS) is 30.9. The summed E-state index contributed by atoms with van der Waals surface area (Å²) in [5.41, 5.74) is 0.151. The van der Waals surface area contributed by atoms with Crippen molar-refractivity contribution < 1.29 is 4.79 Å². The predicted molar refractivity (Wildman–Crippen MR) is 64.3 cm³/mol. The molecule has 2 heterocycles. The quantitative estimate of drug-likeness (QED) is 0.737. The molecule has 2 aliphatic heterocycles. The minimum Gasteiger partial charge on any atom is -0.333 e. The summed E-state index contributed by atoms with van der Waals surface area (Å²) in [5, 5.41) is 6.43. The van der Waals surface area contributed by atoms with Gasteiger partial charge < -0.3 is 15.5 Å². The molecule has 0 radical (unpaired) electrons. The Morgan fingerprint density at radius 2 is 2.19 bits per heavy atom. The van der Waals surface area contributed by atoms with E-state index in [1.807, 2.05) is 4.90 Å². The zero-order valence-electron chi connectivity index (χ0n) is 10.5. The van der Waals surface area contributed by atoms with E-state index in [4.69, 9.17) is 0 Å². The molecule has 4 nitrogen and oxygen atoms in total. The second-order valence-electron chi connectivity index (χ2n) is 6.13. The number of urea groups is 1. The molecular weight excluding hydrogens is 202 g/mol. The first-order valence-electron chi connectivity index (χ1n) is 6.23. The van der Waals surface area contributed by atoms with Crippen LogP contribution in [0, 0.1) is 11.3 Å². The van der Waals surface area contributed by atoms with E-state index in [1.165, 1.54) is 6.42 Å². The third kappa shape index (κ3) is 2.48. The lowest BCUT2D eigenvalue weighted by Gasteiger charge is -2.26. The Bertz CT molecular complexity index is 266. The molecule has 2 fully saturated rings. The van der Waals surface area contributed by atoms with E-state index < -0.39 is 0 Å². The highest BCUT2D eigenvalue weighted by molar-refractivity contribution is 5.77. The summed E-state index contributed by atoms with van der Waals surface area (Å²) in [4.78, 5) is 13.8. The molecular formula is C12H23N3O. The number of nitrogens with zero attached hydrogens (tertiary/aromatic N) is 1. The van der Waals surface area contributed by atoms with Gasteiger partial charge >= 0.3 is 6.03 Å². The molecule has 2 aliphatic rings. The smallest absolute Gasteiger partial charge is 0.317 e. The van der Waals surface area contributed by atoms with E-state index >= 15 is 0 Å². The van der Waals surface area contributed by atoms with Gasteiger partial charge in [0, 0.05) is 13.1 Å². The molecule has 0 bridgehead atoms. The average molecular weight is 225 g/mol. The summed E-state index contributed by atoms with van der Waals surface area (Å²) in [6, 6.07) is 0.404. The monoisotopic (exact) mass is 225 g/mol. The second kappa shape index (κ2) is 4.24. The molecule has 2 N–H and O–H groups in total. The Labute approximate surface area is 97.8 Å². The highest BCUT2D eigenvalue weighted by atomic mass is 16.2. The largest absolute Gasteiger partial charge is 0.333 e. The van der Waals surface area contributed by atoms with Crippen LogP contribution in [0.4, 0.5) is 4.79 Å². The van der Waals surface area contributed by atoms with Crippen LogP contribution in [0.15, 0.2) is 0 Å². The molecule has 2 unspecified atom stereocenters. The fourth-order valence-electron chi connectivity index (χ4n) is 2.42. The van der Waals surface area contributed by atoms with Crippen molar-refractivity contribution >= 4 is 6.03 Å². The molecule has 0 aromatic rings. The van der Waals surface area contributed by atoms with Gasteiger partial charge in [-0.1, -0.05) is 20.8 Å². The minimum absolute atomic E-state index is 0.117. The number of rotatable bonds is 2. The van der Waals surface area contributed by atoms with Crippen LogP contribution < -0.4 is 10.6 Å². The van der Waals surface area contributed by atoms with Gasteiger partial charge in [0.05, 0.1) is 6.04 Å². The predicted octanol–water partition coefficient (Wildman–Crippen LogP) is 1.04. The van der Waals surface area contributed by atoms with Crippen LogP contribution in [0.5, 0.6) is 0 Å². The highest BCUT2D eigenvalue weighted by Gasteiger charge is 2.37. The minimum atomic E-state index is 0.117. The molecule has 0 aromatic heterocycles. The Hall–Kier alpha value is -0.770. The summed E-state index contributed by atoms with van der Waals surface area (Å²) in [7, 11) is 0. The molecule has 2 saturated heterocycles. The van der Waals surface area contributed by atoms with E-state index in [0.29, 0.717) is 5.92 Å². The Morgan fingerprint density at radius 3 is 2.69 bits per heavy atom. The molecule has 0 spiro atoms. The van der Waals surface area contributed by atoms with Gasteiger partial charge in [-0.3, -0.25) is 0 Å². The number of amides is 2. The van der Waals surface area contributed by atoms with Crippen molar-refractivity contribution in [3.8, 4) is 0 Å². The van der Waals surface area contributed by atoms with Gasteiger partial charge in [-0.05, 0) is 30.8 Å². The number of carbonyl (C=O) groups is 1. The Balaban J connectivity index is 1.89. The van der Waals surface area contributed by atoms with E-state index in [0.717, 1.165) is 26.2 Å². The van der Waals surface area contributed by atoms with Crippen molar-refractivity contribution in [2.75, 3.05) is 26.2 Å². The summed E-state index contributed by atoms with van der Waals surface area (Å²) in [6.45, 7) is 10.5. The molecule has 2 rings (SSSR count). The van der Waals surface area contributed by atoms with Gasteiger partial charge in [0.25, 0.3) is 0 Å². The first-order valence-corrected chi connectivity index (χ1v) is 6.23. The molecule has 16 heavy (non-hydrogen) atoms. The maximum Gasteiger partial charge on any atom is 0.317 e. The fourth-order valence-corrected chi connectivity index (χ4v) is 2.42. The van der Waals surface area contributed by atoms with Gasteiger partial charge in [-0.25, -0.2) is 4.79 Å². The summed E-state index contributed by atoms with van der Waals surface area (Å²) in [5.74, 6) is 0.643. The zero-order chi connectivity index (χ0) is 11.8. The van der Waals surface area contributed by atoms with Crippen molar-refractivity contribution in [2.45, 2.75) is 33.2 Å². The Kier molecular flexibility index (Phi) is 3.10. The third-order valence-corrected chi connectivity index (χ3v) is 3.67. The molecule has 4 heteroatoms. The van der Waals surface area contributed by atoms with E-state index in [9.17, 15) is 4.79 Å².